The van der Waals surface area contributed by atoms with Crippen LogP contribution in [0.1, 0.15) is 113 Å². The number of hydrogen-bond donors (Lipinski definition) is 1. The van der Waals surface area contributed by atoms with Gasteiger partial charge in [0.1, 0.15) is 18.0 Å². The molecule has 5 fully saturated rings. The number of nitriles is 1. The Labute approximate surface area is 224 Å². The monoisotopic (exact) mass is 511 g/mol. The molecule has 0 aromatic heterocycles. The zero-order valence-corrected chi connectivity index (χ0v) is 24.5. The average molecular weight is 512 g/mol. The minimum Gasteiger partial charge on any atom is -0.396 e. The van der Waals surface area contributed by atoms with E-state index in [-0.39, 0.29) is 46.4 Å². The Balaban J connectivity index is 1.51. The van der Waals surface area contributed by atoms with Gasteiger partial charge in [-0.2, -0.15) is 5.26 Å². The molecule has 5 aliphatic rings. The number of rotatable bonds is 4. The Morgan fingerprint density at radius 2 is 1.57 bits per heavy atom. The van der Waals surface area contributed by atoms with Gasteiger partial charge in [0, 0.05) is 29.8 Å². The quantitative estimate of drug-likeness (QED) is 0.449. The van der Waals surface area contributed by atoms with E-state index in [0.29, 0.717) is 17.6 Å². The molecule has 1 N–H and O–H groups in total. The van der Waals surface area contributed by atoms with Crippen molar-refractivity contribution in [2.45, 2.75) is 125 Å². The second-order valence-electron chi connectivity index (χ2n) is 16.0. The van der Waals surface area contributed by atoms with Gasteiger partial charge in [-0.15, -0.1) is 0 Å². The molecule has 0 aromatic carbocycles. The zero-order valence-electron chi connectivity index (χ0n) is 24.5. The topological polar surface area (TPSA) is 90.7 Å². The molecule has 4 aliphatic carbocycles. The van der Waals surface area contributed by atoms with Crippen molar-refractivity contribution in [2.75, 3.05) is 6.61 Å². The van der Waals surface area contributed by atoms with E-state index >= 15 is 0 Å². The summed E-state index contributed by atoms with van der Waals surface area (Å²) in [5.41, 5.74) is -2.45. The largest absolute Gasteiger partial charge is 0.396 e. The number of ether oxygens (including phenoxy) is 1. The third-order valence-electron chi connectivity index (χ3n) is 13.7. The van der Waals surface area contributed by atoms with Gasteiger partial charge in [-0.05, 0) is 84.9 Å². The van der Waals surface area contributed by atoms with Crippen LogP contribution in [0.3, 0.4) is 0 Å². The lowest BCUT2D eigenvalue weighted by atomic mass is 9.34. The minimum atomic E-state index is -1.34. The lowest BCUT2D eigenvalue weighted by Crippen LogP contribution is -2.68. The summed E-state index contributed by atoms with van der Waals surface area (Å²) in [7, 11) is 0. The number of ketones is 2. The summed E-state index contributed by atoms with van der Waals surface area (Å²) in [4.78, 5) is 27.3. The van der Waals surface area contributed by atoms with Gasteiger partial charge < -0.3 is 9.84 Å². The average Bonchev–Trinajstić information content (AvgIpc) is 3.60. The number of epoxide rings is 1. The highest BCUT2D eigenvalue weighted by molar-refractivity contribution is 5.99. The van der Waals surface area contributed by atoms with Crippen LogP contribution in [0.15, 0.2) is 0 Å². The van der Waals surface area contributed by atoms with Crippen molar-refractivity contribution in [3.8, 4) is 6.07 Å². The molecule has 206 valence electrons. The fraction of sp³-hybridized carbons (Fsp3) is 0.906. The molecule has 0 bridgehead atoms. The summed E-state index contributed by atoms with van der Waals surface area (Å²) < 4.78 is 6.11. The number of Topliss-reactive ketones (excluding diaryl/α,β-unsaturated/α-hetero) is 2. The Kier molecular flexibility index (Phi) is 5.84. The molecule has 1 saturated heterocycles. The van der Waals surface area contributed by atoms with Gasteiger partial charge in [0.15, 0.2) is 5.78 Å². The Bertz CT molecular complexity index is 1050. The third kappa shape index (κ3) is 3.33. The first-order valence-electron chi connectivity index (χ1n) is 14.8. The smallest absolute Gasteiger partial charge is 0.240 e. The van der Waals surface area contributed by atoms with E-state index in [1.807, 2.05) is 13.8 Å². The molecule has 1 aliphatic heterocycles. The molecule has 5 heteroatoms. The summed E-state index contributed by atoms with van der Waals surface area (Å²) in [6.45, 7) is 18.0. The highest BCUT2D eigenvalue weighted by atomic mass is 16.6. The highest BCUT2D eigenvalue weighted by Crippen LogP contribution is 2.76. The van der Waals surface area contributed by atoms with Crippen molar-refractivity contribution in [2.24, 2.45) is 50.2 Å². The molecular formula is C32H49NO4. The van der Waals surface area contributed by atoms with E-state index in [1.165, 1.54) is 0 Å². The first-order chi connectivity index (χ1) is 17.0. The number of aliphatic hydroxyl groups excluding tert-OH is 1. The second kappa shape index (κ2) is 7.91. The molecule has 5 rings (SSSR count). The predicted molar refractivity (Wildman–Crippen MR) is 142 cm³/mol. The molecule has 5 nitrogen and oxygen atoms in total. The lowest BCUT2D eigenvalue weighted by Gasteiger charge is -2.68. The summed E-state index contributed by atoms with van der Waals surface area (Å²) in [6.07, 6.45) is 8.22. The summed E-state index contributed by atoms with van der Waals surface area (Å²) in [6, 6.07) is 2.27. The number of nitrogens with zero attached hydrogens (tertiary/aromatic N) is 1. The van der Waals surface area contributed by atoms with E-state index < -0.39 is 22.5 Å². The molecule has 1 unspecified atom stereocenters. The van der Waals surface area contributed by atoms with Gasteiger partial charge in [-0.3, -0.25) is 9.59 Å². The van der Waals surface area contributed by atoms with Crippen LogP contribution in [0.4, 0.5) is 0 Å². The van der Waals surface area contributed by atoms with Crippen molar-refractivity contribution >= 4 is 11.6 Å². The fourth-order valence-corrected chi connectivity index (χ4v) is 10.4. The second-order valence-corrected chi connectivity index (χ2v) is 16.0. The standard InChI is InChI=1S/C32H49NO4/c1-20-21(35)17-23-29(7,28(20,6)13-16-31(19-34)14-11-26(2,3)12-15-31)10-9-22-27(4,5)24(36)32(18-33)25(37-32)30(22,23)8/h20,22-23,25,34H,9-17,19H2,1-8H3/t20?,22-,23-,25+,28+,29+,30-,32-/m0/s1. The van der Waals surface area contributed by atoms with E-state index in [1.54, 1.807) is 0 Å². The molecule has 37 heavy (non-hydrogen) atoms. The Morgan fingerprint density at radius 3 is 2.14 bits per heavy atom. The number of carbonyl (C=O) groups excluding carboxylic acids is 2. The first-order valence-corrected chi connectivity index (χ1v) is 14.8. The van der Waals surface area contributed by atoms with Crippen LogP contribution in [0.25, 0.3) is 0 Å². The van der Waals surface area contributed by atoms with Crippen LogP contribution in [0.5, 0.6) is 0 Å². The predicted octanol–water partition coefficient (Wildman–Crippen LogP) is 6.27. The highest BCUT2D eigenvalue weighted by Gasteiger charge is 2.83. The van der Waals surface area contributed by atoms with Crippen LogP contribution in [-0.4, -0.2) is 35.0 Å². The molecule has 8 atom stereocenters. The molecule has 0 aromatic rings. The van der Waals surface area contributed by atoms with Crippen LogP contribution < -0.4 is 0 Å². The van der Waals surface area contributed by atoms with Crippen LogP contribution in [0, 0.1) is 61.6 Å². The van der Waals surface area contributed by atoms with Gasteiger partial charge in [0.2, 0.25) is 5.60 Å². The molecular weight excluding hydrogens is 462 g/mol. The van der Waals surface area contributed by atoms with Crippen molar-refractivity contribution in [3.05, 3.63) is 0 Å². The maximum absolute atomic E-state index is 13.8. The van der Waals surface area contributed by atoms with E-state index in [2.05, 4.69) is 47.6 Å². The number of aliphatic hydroxyl groups is 1. The van der Waals surface area contributed by atoms with Gasteiger partial charge in [-0.25, -0.2) is 0 Å². The van der Waals surface area contributed by atoms with Gasteiger partial charge in [-0.1, -0.05) is 55.4 Å². The summed E-state index contributed by atoms with van der Waals surface area (Å²) in [5, 5.41) is 20.7. The zero-order chi connectivity index (χ0) is 27.4. The first kappa shape index (κ1) is 27.3. The fourth-order valence-electron chi connectivity index (χ4n) is 10.4. The number of carbonyl (C=O) groups is 2. The van der Waals surface area contributed by atoms with E-state index in [9.17, 15) is 20.0 Å². The summed E-state index contributed by atoms with van der Waals surface area (Å²) >= 11 is 0. The van der Waals surface area contributed by atoms with Crippen molar-refractivity contribution < 1.29 is 19.4 Å². The minimum absolute atomic E-state index is 0.0521. The van der Waals surface area contributed by atoms with E-state index in [4.69, 9.17) is 4.74 Å². The summed E-state index contributed by atoms with van der Waals surface area (Å²) in [5.74, 6) is 0.350. The van der Waals surface area contributed by atoms with Crippen molar-refractivity contribution in [1.29, 1.82) is 5.26 Å². The lowest BCUT2D eigenvalue weighted by molar-refractivity contribution is -0.205. The van der Waals surface area contributed by atoms with Crippen LogP contribution >= 0.6 is 0 Å². The Hall–Kier alpha value is -1.25. The van der Waals surface area contributed by atoms with Gasteiger partial charge in [0.25, 0.3) is 0 Å². The number of fused-ring (bicyclic) bond motifs is 5. The molecule has 0 spiro atoms. The van der Waals surface area contributed by atoms with Crippen molar-refractivity contribution in [3.63, 3.8) is 0 Å². The van der Waals surface area contributed by atoms with Crippen LogP contribution in [0.2, 0.25) is 0 Å². The maximum Gasteiger partial charge on any atom is 0.240 e. The molecule has 0 radical (unpaired) electrons. The van der Waals surface area contributed by atoms with Crippen molar-refractivity contribution in [1.82, 2.24) is 0 Å². The Morgan fingerprint density at radius 1 is 0.946 bits per heavy atom. The SMILES string of the molecule is CC1C(=O)C[C@@H]2[C@@]3(C)[C@H]4O[C@@]4(C#N)C(=O)C(C)(C)[C@@H]3CC[C@@]2(C)[C@]1(C)CCC1(CO)CCC(C)(C)CC1. The van der Waals surface area contributed by atoms with Gasteiger partial charge >= 0.3 is 0 Å². The third-order valence-corrected chi connectivity index (χ3v) is 13.7. The maximum atomic E-state index is 13.8. The molecule has 1 heterocycles. The van der Waals surface area contributed by atoms with E-state index in [0.717, 1.165) is 51.4 Å². The molecule has 4 saturated carbocycles. The molecule has 0 amide bonds. The van der Waals surface area contributed by atoms with Crippen LogP contribution in [-0.2, 0) is 14.3 Å². The number of hydrogen-bond acceptors (Lipinski definition) is 5. The normalized spacial score (nSPS) is 49.3. The van der Waals surface area contributed by atoms with Gasteiger partial charge in [0.05, 0.1) is 0 Å².